The van der Waals surface area contributed by atoms with Gasteiger partial charge in [0.05, 0.1) is 6.10 Å². The van der Waals surface area contributed by atoms with E-state index in [0.29, 0.717) is 17.3 Å². The third kappa shape index (κ3) is 0.807. The Morgan fingerprint density at radius 1 is 1.55 bits per heavy atom. The van der Waals surface area contributed by atoms with Crippen LogP contribution in [0.15, 0.2) is 12.7 Å². The van der Waals surface area contributed by atoms with E-state index < -0.39 is 0 Å². The molecule has 62 valence electrons. The molecule has 0 unspecified atom stereocenters. The van der Waals surface area contributed by atoms with Crippen molar-refractivity contribution in [1.82, 2.24) is 0 Å². The molecule has 1 N–H and O–H groups in total. The SMILES string of the molecule is C=C[C@H]1[C@H]2[C@@H]1C(C)(C)C[C@@H]2O. The van der Waals surface area contributed by atoms with Gasteiger partial charge in [-0.2, -0.15) is 0 Å². The summed E-state index contributed by atoms with van der Waals surface area (Å²) in [5.41, 5.74) is 0.350. The largest absolute Gasteiger partial charge is 0.393 e. The minimum Gasteiger partial charge on any atom is -0.393 e. The smallest absolute Gasteiger partial charge is 0.0582 e. The van der Waals surface area contributed by atoms with Gasteiger partial charge in [0.1, 0.15) is 0 Å². The summed E-state index contributed by atoms with van der Waals surface area (Å²) < 4.78 is 0. The average molecular weight is 152 g/mol. The molecule has 0 aromatic carbocycles. The highest BCUT2D eigenvalue weighted by Gasteiger charge is 2.64. The van der Waals surface area contributed by atoms with Crippen molar-refractivity contribution in [2.45, 2.75) is 26.4 Å². The third-order valence-electron chi connectivity index (χ3n) is 3.49. The summed E-state index contributed by atoms with van der Waals surface area (Å²) in [7, 11) is 0. The van der Waals surface area contributed by atoms with Crippen molar-refractivity contribution in [2.24, 2.45) is 23.2 Å². The Balaban J connectivity index is 2.19. The van der Waals surface area contributed by atoms with Gasteiger partial charge in [-0.3, -0.25) is 0 Å². The quantitative estimate of drug-likeness (QED) is 0.568. The van der Waals surface area contributed by atoms with Gasteiger partial charge in [0.25, 0.3) is 0 Å². The standard InChI is InChI=1S/C10H16O/c1-4-6-8-7(11)5-10(2,3)9(6)8/h4,6-9,11H,1,5H2,2-3H3/t6-,7-,8+,9+/m0/s1. The summed E-state index contributed by atoms with van der Waals surface area (Å²) in [4.78, 5) is 0. The third-order valence-corrected chi connectivity index (χ3v) is 3.49. The van der Waals surface area contributed by atoms with Gasteiger partial charge < -0.3 is 5.11 Å². The molecule has 2 rings (SSSR count). The predicted octanol–water partition coefficient (Wildman–Crippen LogP) is 1.83. The Kier molecular flexibility index (Phi) is 1.26. The van der Waals surface area contributed by atoms with Crippen molar-refractivity contribution in [1.29, 1.82) is 0 Å². The molecule has 2 aliphatic rings. The van der Waals surface area contributed by atoms with Gasteiger partial charge >= 0.3 is 0 Å². The summed E-state index contributed by atoms with van der Waals surface area (Å²) in [5, 5.41) is 9.63. The van der Waals surface area contributed by atoms with Crippen LogP contribution in [0.3, 0.4) is 0 Å². The molecule has 0 bridgehead atoms. The molecule has 0 amide bonds. The van der Waals surface area contributed by atoms with Crippen molar-refractivity contribution < 1.29 is 5.11 Å². The van der Waals surface area contributed by atoms with E-state index in [9.17, 15) is 5.11 Å². The first kappa shape index (κ1) is 7.35. The fourth-order valence-electron chi connectivity index (χ4n) is 3.01. The Morgan fingerprint density at radius 3 is 2.45 bits per heavy atom. The number of aliphatic hydroxyl groups excluding tert-OH is 1. The van der Waals surface area contributed by atoms with Crippen LogP contribution < -0.4 is 0 Å². The van der Waals surface area contributed by atoms with Crippen LogP contribution in [0.4, 0.5) is 0 Å². The van der Waals surface area contributed by atoms with E-state index in [1.165, 1.54) is 0 Å². The molecule has 0 aromatic heterocycles. The predicted molar refractivity (Wildman–Crippen MR) is 45.1 cm³/mol. The van der Waals surface area contributed by atoms with Crippen molar-refractivity contribution >= 4 is 0 Å². The summed E-state index contributed by atoms with van der Waals surface area (Å²) in [6.45, 7) is 8.30. The first-order chi connectivity index (χ1) is 5.08. The maximum atomic E-state index is 9.63. The lowest BCUT2D eigenvalue weighted by Crippen LogP contribution is -2.17. The second kappa shape index (κ2) is 1.89. The molecule has 0 spiro atoms. The summed E-state index contributed by atoms with van der Waals surface area (Å²) in [6, 6.07) is 0. The minimum absolute atomic E-state index is 0.0574. The van der Waals surface area contributed by atoms with E-state index in [2.05, 4.69) is 20.4 Å². The van der Waals surface area contributed by atoms with Gasteiger partial charge in [-0.1, -0.05) is 19.9 Å². The van der Waals surface area contributed by atoms with Crippen molar-refractivity contribution in [3.8, 4) is 0 Å². The summed E-state index contributed by atoms with van der Waals surface area (Å²) in [6.07, 6.45) is 2.93. The second-order valence-corrected chi connectivity index (χ2v) is 4.68. The molecule has 4 atom stereocenters. The number of rotatable bonds is 1. The minimum atomic E-state index is -0.0574. The topological polar surface area (TPSA) is 20.2 Å². The van der Waals surface area contributed by atoms with E-state index in [4.69, 9.17) is 0 Å². The maximum Gasteiger partial charge on any atom is 0.0582 e. The zero-order valence-electron chi connectivity index (χ0n) is 7.25. The van der Waals surface area contributed by atoms with Crippen molar-refractivity contribution in [2.75, 3.05) is 0 Å². The average Bonchev–Trinajstić information content (AvgIpc) is 2.53. The summed E-state index contributed by atoms with van der Waals surface area (Å²) >= 11 is 0. The van der Waals surface area contributed by atoms with Crippen molar-refractivity contribution in [3.05, 3.63) is 12.7 Å². The highest BCUT2D eigenvalue weighted by atomic mass is 16.3. The molecule has 2 aliphatic carbocycles. The Bertz CT molecular complexity index is 195. The van der Waals surface area contributed by atoms with E-state index in [0.717, 1.165) is 12.3 Å². The lowest BCUT2D eigenvalue weighted by atomic mass is 9.85. The lowest BCUT2D eigenvalue weighted by molar-refractivity contribution is 0.128. The van der Waals surface area contributed by atoms with Gasteiger partial charge in [0, 0.05) is 0 Å². The number of fused-ring (bicyclic) bond motifs is 1. The molecular weight excluding hydrogens is 136 g/mol. The number of allylic oxidation sites excluding steroid dienone is 1. The first-order valence-corrected chi connectivity index (χ1v) is 4.38. The van der Waals surface area contributed by atoms with E-state index in [-0.39, 0.29) is 6.10 Å². The van der Waals surface area contributed by atoms with Crippen LogP contribution >= 0.6 is 0 Å². The Morgan fingerprint density at radius 2 is 2.18 bits per heavy atom. The van der Waals surface area contributed by atoms with Crippen LogP contribution in [0, 0.1) is 23.2 Å². The molecule has 0 saturated heterocycles. The molecule has 2 saturated carbocycles. The molecule has 11 heavy (non-hydrogen) atoms. The van der Waals surface area contributed by atoms with E-state index in [1.807, 2.05) is 6.08 Å². The van der Waals surface area contributed by atoms with Gasteiger partial charge in [-0.25, -0.2) is 0 Å². The number of aliphatic hydroxyl groups is 1. The molecule has 0 aromatic rings. The highest BCUT2D eigenvalue weighted by molar-refractivity contribution is 5.18. The first-order valence-electron chi connectivity index (χ1n) is 4.38. The van der Waals surface area contributed by atoms with Gasteiger partial charge in [-0.05, 0) is 29.6 Å². The summed E-state index contributed by atoms with van der Waals surface area (Å²) in [5.74, 6) is 1.87. The molecule has 2 fully saturated rings. The lowest BCUT2D eigenvalue weighted by Gasteiger charge is -2.22. The molecule has 0 heterocycles. The molecule has 1 heteroatoms. The monoisotopic (exact) mass is 152 g/mol. The maximum absolute atomic E-state index is 9.63. The zero-order valence-corrected chi connectivity index (χ0v) is 7.25. The van der Waals surface area contributed by atoms with Gasteiger partial charge in [-0.15, -0.1) is 6.58 Å². The van der Waals surface area contributed by atoms with Crippen LogP contribution in [-0.2, 0) is 0 Å². The van der Waals surface area contributed by atoms with Crippen molar-refractivity contribution in [3.63, 3.8) is 0 Å². The normalized spacial score (nSPS) is 51.9. The Labute approximate surface area is 68.1 Å². The fraction of sp³-hybridized carbons (Fsp3) is 0.800. The van der Waals surface area contributed by atoms with E-state index in [1.54, 1.807) is 0 Å². The zero-order chi connectivity index (χ0) is 8.22. The number of hydrogen-bond donors (Lipinski definition) is 1. The highest BCUT2D eigenvalue weighted by Crippen LogP contribution is 2.66. The van der Waals surface area contributed by atoms with Crippen LogP contribution in [0.5, 0.6) is 0 Å². The fourth-order valence-corrected chi connectivity index (χ4v) is 3.01. The Hall–Kier alpha value is -0.300. The molecule has 0 radical (unpaired) electrons. The van der Waals surface area contributed by atoms with E-state index >= 15 is 0 Å². The number of hydrogen-bond acceptors (Lipinski definition) is 1. The second-order valence-electron chi connectivity index (χ2n) is 4.68. The van der Waals surface area contributed by atoms with Crippen LogP contribution in [0.1, 0.15) is 20.3 Å². The van der Waals surface area contributed by atoms with Gasteiger partial charge in [0.2, 0.25) is 0 Å². The van der Waals surface area contributed by atoms with Crippen LogP contribution in [0.2, 0.25) is 0 Å². The van der Waals surface area contributed by atoms with Gasteiger partial charge in [0.15, 0.2) is 0 Å². The molecule has 1 nitrogen and oxygen atoms in total. The molecular formula is C10H16O. The van der Waals surface area contributed by atoms with Crippen LogP contribution in [0.25, 0.3) is 0 Å². The van der Waals surface area contributed by atoms with Crippen LogP contribution in [-0.4, -0.2) is 11.2 Å². The molecule has 0 aliphatic heterocycles.